The molecule has 0 aliphatic heterocycles. The Balaban J connectivity index is 2.07. The van der Waals surface area contributed by atoms with E-state index in [-0.39, 0.29) is 0 Å². The summed E-state index contributed by atoms with van der Waals surface area (Å²) in [6, 6.07) is 0. The molecule has 0 fully saturated rings. The van der Waals surface area contributed by atoms with Gasteiger partial charge >= 0.3 is 0 Å². The molecule has 1 aromatic heterocycles. The Morgan fingerprint density at radius 1 is 1.50 bits per heavy atom. The molecule has 0 unspecified atom stereocenters. The topological polar surface area (TPSA) is 44.0 Å². The second-order valence-electron chi connectivity index (χ2n) is 3.59. The van der Waals surface area contributed by atoms with Crippen LogP contribution in [0.2, 0.25) is 0 Å². The zero-order valence-corrected chi connectivity index (χ0v) is 9.08. The van der Waals surface area contributed by atoms with Gasteiger partial charge < -0.3 is 10.2 Å². The van der Waals surface area contributed by atoms with Gasteiger partial charge in [-0.3, -0.25) is 5.10 Å². The van der Waals surface area contributed by atoms with Crippen LogP contribution in [0.15, 0.2) is 12.4 Å². The third-order valence-electron chi connectivity index (χ3n) is 2.10. The number of H-pyrrole nitrogens is 1. The lowest BCUT2D eigenvalue weighted by Crippen LogP contribution is -2.29. The maximum absolute atomic E-state index is 3.92. The van der Waals surface area contributed by atoms with E-state index in [1.165, 1.54) is 12.0 Å². The lowest BCUT2D eigenvalue weighted by Gasteiger charge is -2.15. The van der Waals surface area contributed by atoms with Crippen LogP contribution >= 0.6 is 0 Å². The van der Waals surface area contributed by atoms with E-state index in [1.54, 1.807) is 0 Å². The Kier molecular flexibility index (Phi) is 5.25. The summed E-state index contributed by atoms with van der Waals surface area (Å²) in [7, 11) is 2.13. The molecule has 0 radical (unpaired) electrons. The molecule has 1 rings (SSSR count). The first-order valence-electron chi connectivity index (χ1n) is 5.20. The van der Waals surface area contributed by atoms with E-state index in [1.807, 2.05) is 12.4 Å². The predicted molar refractivity (Wildman–Crippen MR) is 58.1 cm³/mol. The highest BCUT2D eigenvalue weighted by atomic mass is 15.1. The van der Waals surface area contributed by atoms with Crippen LogP contribution < -0.4 is 5.32 Å². The third-order valence-corrected chi connectivity index (χ3v) is 2.10. The molecule has 4 nitrogen and oxygen atoms in total. The number of hydrogen-bond acceptors (Lipinski definition) is 3. The number of likely N-dealkylation sites (N-methyl/N-ethyl adjacent to an activating group) is 1. The van der Waals surface area contributed by atoms with Crippen LogP contribution in [0.1, 0.15) is 18.9 Å². The van der Waals surface area contributed by atoms with Gasteiger partial charge in [0.05, 0.1) is 6.20 Å². The van der Waals surface area contributed by atoms with E-state index >= 15 is 0 Å². The van der Waals surface area contributed by atoms with Gasteiger partial charge in [-0.05, 0) is 20.0 Å². The summed E-state index contributed by atoms with van der Waals surface area (Å²) in [4.78, 5) is 2.29. The lowest BCUT2D eigenvalue weighted by atomic mass is 10.3. The molecule has 0 spiro atoms. The molecule has 0 bridgehead atoms. The minimum Gasteiger partial charge on any atom is -0.315 e. The number of aromatic amines is 1. The molecule has 0 aromatic carbocycles. The molecule has 4 heteroatoms. The lowest BCUT2D eigenvalue weighted by molar-refractivity contribution is 0.324. The highest BCUT2D eigenvalue weighted by Gasteiger charge is 1.99. The first-order valence-corrected chi connectivity index (χ1v) is 5.20. The average molecular weight is 196 g/mol. The smallest absolute Gasteiger partial charge is 0.0532 e. The first-order chi connectivity index (χ1) is 6.83. The first kappa shape index (κ1) is 11.2. The fraction of sp³-hybridized carbons (Fsp3) is 0.700. The van der Waals surface area contributed by atoms with E-state index in [0.29, 0.717) is 0 Å². The maximum Gasteiger partial charge on any atom is 0.0532 e. The van der Waals surface area contributed by atoms with Gasteiger partial charge in [-0.15, -0.1) is 0 Å². The van der Waals surface area contributed by atoms with Crippen LogP contribution in [-0.4, -0.2) is 41.8 Å². The number of rotatable bonds is 7. The SMILES string of the molecule is CCCNCCN(C)Cc1cn[nH]c1. The number of aromatic nitrogens is 2. The van der Waals surface area contributed by atoms with Crippen molar-refractivity contribution in [3.05, 3.63) is 18.0 Å². The van der Waals surface area contributed by atoms with Crippen LogP contribution in [0.25, 0.3) is 0 Å². The largest absolute Gasteiger partial charge is 0.315 e. The van der Waals surface area contributed by atoms with Gasteiger partial charge in [-0.2, -0.15) is 5.10 Å². The van der Waals surface area contributed by atoms with Crippen LogP contribution in [-0.2, 0) is 6.54 Å². The molecule has 1 heterocycles. The Labute approximate surface area is 85.7 Å². The van der Waals surface area contributed by atoms with Gasteiger partial charge in [0, 0.05) is 31.4 Å². The van der Waals surface area contributed by atoms with E-state index in [2.05, 4.69) is 34.4 Å². The monoisotopic (exact) mass is 196 g/mol. The summed E-state index contributed by atoms with van der Waals surface area (Å²) >= 11 is 0. The molecule has 14 heavy (non-hydrogen) atoms. The summed E-state index contributed by atoms with van der Waals surface area (Å²) in [5.74, 6) is 0. The van der Waals surface area contributed by atoms with Crippen LogP contribution in [0.4, 0.5) is 0 Å². The van der Waals surface area contributed by atoms with Gasteiger partial charge in [-0.1, -0.05) is 6.92 Å². The van der Waals surface area contributed by atoms with Crippen molar-refractivity contribution < 1.29 is 0 Å². The second-order valence-corrected chi connectivity index (χ2v) is 3.59. The number of nitrogens with one attached hydrogen (secondary N) is 2. The zero-order chi connectivity index (χ0) is 10.2. The predicted octanol–water partition coefficient (Wildman–Crippen LogP) is 0.841. The molecule has 1 aromatic rings. The molecule has 0 saturated carbocycles. The van der Waals surface area contributed by atoms with Crippen molar-refractivity contribution in [3.63, 3.8) is 0 Å². The van der Waals surface area contributed by atoms with Crippen LogP contribution in [0, 0.1) is 0 Å². The van der Waals surface area contributed by atoms with Crippen molar-refractivity contribution in [1.29, 1.82) is 0 Å². The molecule has 0 amide bonds. The molecule has 0 saturated heterocycles. The molecule has 80 valence electrons. The second kappa shape index (κ2) is 6.56. The van der Waals surface area contributed by atoms with Gasteiger partial charge in [-0.25, -0.2) is 0 Å². The molecule has 0 aliphatic carbocycles. The summed E-state index contributed by atoms with van der Waals surface area (Å²) in [6.45, 7) is 6.39. The van der Waals surface area contributed by atoms with Crippen molar-refractivity contribution >= 4 is 0 Å². The van der Waals surface area contributed by atoms with Gasteiger partial charge in [0.2, 0.25) is 0 Å². The highest BCUT2D eigenvalue weighted by Crippen LogP contribution is 1.97. The molecule has 0 aliphatic rings. The normalized spacial score (nSPS) is 11.1. The minimum absolute atomic E-state index is 0.963. The van der Waals surface area contributed by atoms with Crippen molar-refractivity contribution in [3.8, 4) is 0 Å². The number of hydrogen-bond donors (Lipinski definition) is 2. The average Bonchev–Trinajstić information content (AvgIpc) is 2.65. The highest BCUT2D eigenvalue weighted by molar-refractivity contribution is 5.01. The standard InChI is InChI=1S/C10H20N4/c1-3-4-11-5-6-14(2)9-10-7-12-13-8-10/h7-8,11H,3-6,9H2,1-2H3,(H,12,13). The van der Waals surface area contributed by atoms with Crippen LogP contribution in [0.5, 0.6) is 0 Å². The maximum atomic E-state index is 3.92. The molecular weight excluding hydrogens is 176 g/mol. The number of nitrogens with zero attached hydrogens (tertiary/aromatic N) is 2. The fourth-order valence-corrected chi connectivity index (χ4v) is 1.33. The third kappa shape index (κ3) is 4.39. The van der Waals surface area contributed by atoms with Crippen molar-refractivity contribution in [1.82, 2.24) is 20.4 Å². The van der Waals surface area contributed by atoms with Gasteiger partial charge in [0.1, 0.15) is 0 Å². The van der Waals surface area contributed by atoms with E-state index < -0.39 is 0 Å². The van der Waals surface area contributed by atoms with Gasteiger partial charge in [0.25, 0.3) is 0 Å². The summed E-state index contributed by atoms with van der Waals surface area (Å²) < 4.78 is 0. The minimum atomic E-state index is 0.963. The summed E-state index contributed by atoms with van der Waals surface area (Å²) in [6.07, 6.45) is 5.01. The van der Waals surface area contributed by atoms with E-state index in [0.717, 1.165) is 26.2 Å². The summed E-state index contributed by atoms with van der Waals surface area (Å²) in [5, 5.41) is 10.1. The van der Waals surface area contributed by atoms with Crippen molar-refractivity contribution in [2.45, 2.75) is 19.9 Å². The molecule has 2 N–H and O–H groups in total. The summed E-state index contributed by atoms with van der Waals surface area (Å²) in [5.41, 5.74) is 1.24. The van der Waals surface area contributed by atoms with Crippen molar-refractivity contribution in [2.75, 3.05) is 26.7 Å². The Morgan fingerprint density at radius 3 is 3.00 bits per heavy atom. The quantitative estimate of drug-likeness (QED) is 0.635. The van der Waals surface area contributed by atoms with Crippen molar-refractivity contribution in [2.24, 2.45) is 0 Å². The fourth-order valence-electron chi connectivity index (χ4n) is 1.33. The Bertz CT molecular complexity index is 220. The Hall–Kier alpha value is -0.870. The zero-order valence-electron chi connectivity index (χ0n) is 9.08. The Morgan fingerprint density at radius 2 is 2.36 bits per heavy atom. The molecular formula is C10H20N4. The molecule has 0 atom stereocenters. The van der Waals surface area contributed by atoms with E-state index in [9.17, 15) is 0 Å². The van der Waals surface area contributed by atoms with E-state index in [4.69, 9.17) is 0 Å². The van der Waals surface area contributed by atoms with Gasteiger partial charge in [0.15, 0.2) is 0 Å². The van der Waals surface area contributed by atoms with Crippen LogP contribution in [0.3, 0.4) is 0 Å².